The first kappa shape index (κ1) is 31.9. The maximum atomic E-state index is 13.4. The van der Waals surface area contributed by atoms with E-state index in [0.29, 0.717) is 29.5 Å². The Morgan fingerprint density at radius 1 is 0.780 bits per heavy atom. The van der Waals surface area contributed by atoms with Crippen molar-refractivity contribution in [3.63, 3.8) is 0 Å². The molecule has 0 spiro atoms. The average molecular weight is 559 g/mol. The number of carbonyl (C=O) groups is 2. The molecular formula is C35H46N2O4. The van der Waals surface area contributed by atoms with Crippen LogP contribution in [0.5, 0.6) is 5.88 Å². The molecule has 6 heteroatoms. The van der Waals surface area contributed by atoms with Gasteiger partial charge in [0.15, 0.2) is 5.78 Å². The van der Waals surface area contributed by atoms with E-state index in [2.05, 4.69) is 13.0 Å². The summed E-state index contributed by atoms with van der Waals surface area (Å²) in [5, 5.41) is 19.3. The Bertz CT molecular complexity index is 1270. The monoisotopic (exact) mass is 558 g/mol. The van der Waals surface area contributed by atoms with E-state index < -0.39 is 6.16 Å². The third kappa shape index (κ3) is 10.4. The van der Waals surface area contributed by atoms with Gasteiger partial charge in [-0.1, -0.05) is 127 Å². The summed E-state index contributed by atoms with van der Waals surface area (Å²) in [5.74, 6) is -0.0280. The molecule has 1 heterocycles. The van der Waals surface area contributed by atoms with E-state index >= 15 is 0 Å². The fraction of sp³-hybridized carbons (Fsp3) is 0.514. The van der Waals surface area contributed by atoms with Crippen molar-refractivity contribution in [1.82, 2.24) is 4.57 Å². The van der Waals surface area contributed by atoms with Crippen LogP contribution in [0.1, 0.15) is 131 Å². The first-order valence-corrected chi connectivity index (χ1v) is 15.6. The summed E-state index contributed by atoms with van der Waals surface area (Å²) in [5.41, 5.74) is 2.50. The molecule has 41 heavy (non-hydrogen) atoms. The summed E-state index contributed by atoms with van der Waals surface area (Å²) in [6, 6.07) is 16.6. The zero-order valence-corrected chi connectivity index (χ0v) is 24.7. The van der Waals surface area contributed by atoms with Gasteiger partial charge in [0.1, 0.15) is 0 Å². The smallest absolute Gasteiger partial charge is 0.449 e. The van der Waals surface area contributed by atoms with Crippen LogP contribution in [-0.4, -0.2) is 21.6 Å². The first-order valence-electron chi connectivity index (χ1n) is 15.6. The zero-order valence-electron chi connectivity index (χ0n) is 24.7. The van der Waals surface area contributed by atoms with Crippen LogP contribution in [0.2, 0.25) is 0 Å². The van der Waals surface area contributed by atoms with Gasteiger partial charge < -0.3 is 14.4 Å². The van der Waals surface area contributed by atoms with Crippen LogP contribution in [0.25, 0.3) is 10.9 Å². The Kier molecular flexibility index (Phi) is 14.0. The van der Waals surface area contributed by atoms with Gasteiger partial charge >= 0.3 is 6.16 Å². The number of rotatable bonds is 20. The number of carbonyl (C=O) groups excluding carboxylic acids is 1. The summed E-state index contributed by atoms with van der Waals surface area (Å²) in [4.78, 5) is 25.1. The van der Waals surface area contributed by atoms with E-state index in [0.717, 1.165) is 30.3 Å². The number of para-hydroxylation sites is 1. The maximum absolute atomic E-state index is 13.4. The van der Waals surface area contributed by atoms with E-state index in [4.69, 9.17) is 10.00 Å². The van der Waals surface area contributed by atoms with Crippen molar-refractivity contribution in [2.75, 3.05) is 0 Å². The van der Waals surface area contributed by atoms with Gasteiger partial charge in [-0.25, -0.2) is 4.79 Å². The molecule has 0 radical (unpaired) electrons. The highest BCUT2D eigenvalue weighted by atomic mass is 16.7. The highest BCUT2D eigenvalue weighted by Crippen LogP contribution is 2.35. The van der Waals surface area contributed by atoms with Crippen LogP contribution in [0.3, 0.4) is 0 Å². The van der Waals surface area contributed by atoms with Gasteiger partial charge in [0.2, 0.25) is 5.88 Å². The second-order valence-corrected chi connectivity index (χ2v) is 11.1. The minimum atomic E-state index is -1.45. The summed E-state index contributed by atoms with van der Waals surface area (Å²) >= 11 is 0. The molecule has 3 aromatic rings. The van der Waals surface area contributed by atoms with Crippen molar-refractivity contribution < 1.29 is 19.4 Å². The normalized spacial score (nSPS) is 11.0. The standard InChI is InChI=1S/C35H46N2O4/c1-2-3-4-5-6-7-8-9-10-11-12-13-14-15-16-21-32(38)33-30-19-17-18-20-31(30)37(34(33)41-35(39)40)27-29-24-22-28(26-36)23-25-29/h17-20,22-25H,2-16,21,27H2,1H3,(H,39,40). The largest absolute Gasteiger partial charge is 0.512 e. The Morgan fingerprint density at radius 2 is 1.32 bits per heavy atom. The predicted octanol–water partition coefficient (Wildman–Crippen LogP) is 10.1. The predicted molar refractivity (Wildman–Crippen MR) is 165 cm³/mol. The van der Waals surface area contributed by atoms with Gasteiger partial charge in [-0.3, -0.25) is 4.79 Å². The summed E-state index contributed by atoms with van der Waals surface area (Å²) in [6.45, 7) is 2.58. The number of hydrogen-bond donors (Lipinski definition) is 1. The molecule has 0 aliphatic carbocycles. The van der Waals surface area contributed by atoms with E-state index in [9.17, 15) is 14.7 Å². The first-order chi connectivity index (χ1) is 20.0. The van der Waals surface area contributed by atoms with E-state index in [1.807, 2.05) is 36.4 Å². The number of fused-ring (bicyclic) bond motifs is 1. The summed E-state index contributed by atoms with van der Waals surface area (Å²) < 4.78 is 6.98. The molecule has 220 valence electrons. The summed E-state index contributed by atoms with van der Waals surface area (Å²) in [6.07, 6.45) is 17.8. The van der Waals surface area contributed by atoms with E-state index in [-0.39, 0.29) is 11.7 Å². The molecule has 0 atom stereocenters. The Hall–Kier alpha value is -3.59. The molecule has 0 aliphatic rings. The average Bonchev–Trinajstić information content (AvgIpc) is 3.27. The summed E-state index contributed by atoms with van der Waals surface area (Å²) in [7, 11) is 0. The SMILES string of the molecule is CCCCCCCCCCCCCCCCCC(=O)c1c(OC(=O)O)n(Cc2ccc(C#N)cc2)c2ccccc12. The van der Waals surface area contributed by atoms with Crippen LogP contribution in [0, 0.1) is 11.3 Å². The second kappa shape index (κ2) is 18.0. The van der Waals surface area contributed by atoms with Crippen LogP contribution in [0.15, 0.2) is 48.5 Å². The fourth-order valence-corrected chi connectivity index (χ4v) is 5.54. The molecule has 0 saturated carbocycles. The lowest BCUT2D eigenvalue weighted by molar-refractivity contribution is 0.0975. The number of benzene rings is 2. The molecule has 0 saturated heterocycles. The highest BCUT2D eigenvalue weighted by molar-refractivity contribution is 6.11. The molecular weight excluding hydrogens is 512 g/mol. The molecule has 0 unspecified atom stereocenters. The van der Waals surface area contributed by atoms with Crippen molar-refractivity contribution >= 4 is 22.8 Å². The molecule has 2 aromatic carbocycles. The van der Waals surface area contributed by atoms with Crippen molar-refractivity contribution in [3.8, 4) is 11.9 Å². The van der Waals surface area contributed by atoms with E-state index in [1.54, 1.807) is 16.7 Å². The maximum Gasteiger partial charge on any atom is 0.512 e. The highest BCUT2D eigenvalue weighted by Gasteiger charge is 2.25. The van der Waals surface area contributed by atoms with Crippen LogP contribution >= 0.6 is 0 Å². The van der Waals surface area contributed by atoms with E-state index in [1.165, 1.54) is 77.0 Å². The lowest BCUT2D eigenvalue weighted by Crippen LogP contribution is -2.12. The molecule has 0 bridgehead atoms. The number of ether oxygens (including phenoxy) is 1. The zero-order chi connectivity index (χ0) is 29.3. The molecule has 3 rings (SSSR count). The minimum absolute atomic E-state index is 0.0639. The molecule has 1 N–H and O–H groups in total. The van der Waals surface area contributed by atoms with Crippen LogP contribution in [-0.2, 0) is 6.54 Å². The molecule has 0 fully saturated rings. The van der Waals surface area contributed by atoms with Crippen molar-refractivity contribution in [2.45, 2.75) is 116 Å². The number of nitriles is 1. The van der Waals surface area contributed by atoms with Crippen LogP contribution < -0.4 is 4.74 Å². The van der Waals surface area contributed by atoms with Gasteiger partial charge in [0.25, 0.3) is 0 Å². The van der Waals surface area contributed by atoms with Crippen molar-refractivity contribution in [3.05, 3.63) is 65.2 Å². The third-order valence-electron chi connectivity index (χ3n) is 7.82. The minimum Gasteiger partial charge on any atom is -0.449 e. The number of nitrogens with zero attached hydrogens (tertiary/aromatic N) is 2. The number of ketones is 1. The topological polar surface area (TPSA) is 92.3 Å². The Balaban J connectivity index is 1.49. The number of aromatic nitrogens is 1. The molecule has 1 aromatic heterocycles. The third-order valence-corrected chi connectivity index (χ3v) is 7.82. The van der Waals surface area contributed by atoms with Gasteiger partial charge in [0.05, 0.1) is 29.3 Å². The van der Waals surface area contributed by atoms with Gasteiger partial charge in [0, 0.05) is 11.8 Å². The second-order valence-electron chi connectivity index (χ2n) is 11.1. The fourth-order valence-electron chi connectivity index (χ4n) is 5.54. The van der Waals surface area contributed by atoms with Gasteiger partial charge in [-0.15, -0.1) is 0 Å². The molecule has 0 amide bonds. The molecule has 6 nitrogen and oxygen atoms in total. The lowest BCUT2D eigenvalue weighted by atomic mass is 10.0. The quantitative estimate of drug-likeness (QED) is 0.0846. The van der Waals surface area contributed by atoms with Gasteiger partial charge in [-0.2, -0.15) is 5.26 Å². The van der Waals surface area contributed by atoms with Crippen molar-refractivity contribution in [2.24, 2.45) is 0 Å². The Labute approximate surface area is 245 Å². The van der Waals surface area contributed by atoms with Gasteiger partial charge in [-0.05, 0) is 30.2 Å². The number of Topliss-reactive ketones (excluding diaryl/α,β-unsaturated/α-hetero) is 1. The Morgan fingerprint density at radius 3 is 1.85 bits per heavy atom. The lowest BCUT2D eigenvalue weighted by Gasteiger charge is -2.11. The number of hydrogen-bond acceptors (Lipinski definition) is 4. The van der Waals surface area contributed by atoms with Crippen molar-refractivity contribution in [1.29, 1.82) is 5.26 Å². The number of carboxylic acid groups (broad SMARTS) is 1. The molecule has 0 aliphatic heterocycles. The number of unbranched alkanes of at least 4 members (excludes halogenated alkanes) is 14. The van der Waals surface area contributed by atoms with Crippen LogP contribution in [0.4, 0.5) is 4.79 Å².